The molecule has 19 heavy (non-hydrogen) atoms. The molecule has 0 fully saturated rings. The van der Waals surface area contributed by atoms with Gasteiger partial charge in [0, 0.05) is 24.7 Å². The van der Waals surface area contributed by atoms with E-state index in [9.17, 15) is 14.4 Å². The number of benzene rings is 1. The smallest absolute Gasteiger partial charge is 0.379 e. The van der Waals surface area contributed by atoms with E-state index in [-0.39, 0.29) is 12.5 Å². The Morgan fingerprint density at radius 3 is 2.74 bits per heavy atom. The van der Waals surface area contributed by atoms with Gasteiger partial charge in [-0.25, -0.2) is 4.79 Å². The zero-order valence-electron chi connectivity index (χ0n) is 10.9. The summed E-state index contributed by atoms with van der Waals surface area (Å²) in [4.78, 5) is 36.3. The third-order valence-corrected chi connectivity index (χ3v) is 3.15. The molecule has 0 saturated carbocycles. The lowest BCUT2D eigenvalue weighted by atomic mass is 9.98. The Balaban J connectivity index is 2.29. The number of anilines is 1. The van der Waals surface area contributed by atoms with Gasteiger partial charge in [-0.3, -0.25) is 9.59 Å². The molecule has 0 saturated heterocycles. The van der Waals surface area contributed by atoms with Crippen LogP contribution < -0.4 is 4.90 Å². The lowest BCUT2D eigenvalue weighted by molar-refractivity contribution is -0.137. The summed E-state index contributed by atoms with van der Waals surface area (Å²) in [5, 5.41) is 0. The van der Waals surface area contributed by atoms with Crippen LogP contribution in [0.25, 0.3) is 0 Å². The highest BCUT2D eigenvalue weighted by molar-refractivity contribution is 6.40. The van der Waals surface area contributed by atoms with E-state index in [4.69, 9.17) is 0 Å². The normalized spacial score (nSPS) is 14.0. The summed E-state index contributed by atoms with van der Waals surface area (Å²) in [6.45, 7) is 1.82. The number of ketones is 1. The number of carbonyl (C=O) groups excluding carboxylic acids is 3. The summed E-state index contributed by atoms with van der Waals surface area (Å²) in [6.07, 6.45) is 1.00. The van der Waals surface area contributed by atoms with Crippen LogP contribution in [-0.4, -0.2) is 31.3 Å². The number of hydrogen-bond acceptors (Lipinski definition) is 4. The molecule has 2 rings (SSSR count). The van der Waals surface area contributed by atoms with E-state index in [0.29, 0.717) is 18.4 Å². The van der Waals surface area contributed by atoms with Crippen molar-refractivity contribution in [1.82, 2.24) is 0 Å². The molecule has 0 spiro atoms. The third-order valence-electron chi connectivity index (χ3n) is 3.15. The molecule has 5 nitrogen and oxygen atoms in total. The predicted molar refractivity (Wildman–Crippen MR) is 69.1 cm³/mol. The number of rotatable bonds is 3. The average molecular weight is 261 g/mol. The van der Waals surface area contributed by atoms with Gasteiger partial charge >= 0.3 is 5.97 Å². The Hall–Kier alpha value is -2.17. The van der Waals surface area contributed by atoms with Crippen molar-refractivity contribution in [2.24, 2.45) is 0 Å². The Morgan fingerprint density at radius 1 is 1.32 bits per heavy atom. The van der Waals surface area contributed by atoms with Crippen LogP contribution in [0.2, 0.25) is 0 Å². The van der Waals surface area contributed by atoms with Crippen LogP contribution >= 0.6 is 0 Å². The minimum absolute atomic E-state index is 0.0527. The molecule has 0 N–H and O–H groups in total. The van der Waals surface area contributed by atoms with E-state index in [1.807, 2.05) is 0 Å². The summed E-state index contributed by atoms with van der Waals surface area (Å²) >= 11 is 0. The largest absolute Gasteiger partial charge is 0.460 e. The molecule has 1 aromatic rings. The van der Waals surface area contributed by atoms with Crippen LogP contribution in [0, 0.1) is 0 Å². The van der Waals surface area contributed by atoms with Gasteiger partial charge < -0.3 is 9.64 Å². The molecule has 1 amide bonds. The quantitative estimate of drug-likeness (QED) is 0.468. The highest BCUT2D eigenvalue weighted by Gasteiger charge is 2.24. The van der Waals surface area contributed by atoms with Gasteiger partial charge in [-0.2, -0.15) is 0 Å². The molecular formula is C14H15NO4. The number of aryl methyl sites for hydroxylation is 1. The van der Waals surface area contributed by atoms with Crippen LogP contribution in [0.1, 0.15) is 29.3 Å². The van der Waals surface area contributed by atoms with E-state index < -0.39 is 11.8 Å². The van der Waals surface area contributed by atoms with Gasteiger partial charge in [0.1, 0.15) is 0 Å². The summed E-state index contributed by atoms with van der Waals surface area (Å²) in [5.41, 5.74) is 1.99. The molecule has 0 aromatic heterocycles. The first-order chi connectivity index (χ1) is 9.04. The van der Waals surface area contributed by atoms with E-state index in [1.54, 1.807) is 37.1 Å². The monoisotopic (exact) mass is 261 g/mol. The second-order valence-corrected chi connectivity index (χ2v) is 4.35. The second kappa shape index (κ2) is 5.22. The van der Waals surface area contributed by atoms with Gasteiger partial charge in [-0.05, 0) is 37.1 Å². The Labute approximate surface area is 111 Å². The SMILES string of the molecule is CCOC(=O)C(=O)c1ccc2c(c1)CCC(=O)N2C. The maximum atomic E-state index is 11.8. The molecule has 0 radical (unpaired) electrons. The fourth-order valence-electron chi connectivity index (χ4n) is 2.11. The van der Waals surface area contributed by atoms with E-state index in [2.05, 4.69) is 4.74 Å². The van der Waals surface area contributed by atoms with Crippen molar-refractivity contribution >= 4 is 23.3 Å². The molecule has 100 valence electrons. The fraction of sp³-hybridized carbons (Fsp3) is 0.357. The minimum atomic E-state index is -0.845. The summed E-state index contributed by atoms with van der Waals surface area (Å²) in [7, 11) is 1.70. The average Bonchev–Trinajstić information content (AvgIpc) is 2.42. The van der Waals surface area contributed by atoms with Crippen molar-refractivity contribution in [3.8, 4) is 0 Å². The molecule has 1 aliphatic rings. The Morgan fingerprint density at radius 2 is 2.05 bits per heavy atom. The van der Waals surface area contributed by atoms with E-state index in [0.717, 1.165) is 11.3 Å². The first kappa shape index (κ1) is 13.3. The minimum Gasteiger partial charge on any atom is -0.460 e. The maximum absolute atomic E-state index is 11.8. The number of carbonyl (C=O) groups is 3. The number of esters is 1. The summed E-state index contributed by atoms with van der Waals surface area (Å²) in [5.74, 6) is -1.44. The van der Waals surface area contributed by atoms with Crippen LogP contribution in [0.15, 0.2) is 18.2 Å². The Bertz CT molecular complexity index is 550. The Kier molecular flexibility index (Phi) is 3.64. The van der Waals surface area contributed by atoms with Crippen molar-refractivity contribution in [3.63, 3.8) is 0 Å². The number of hydrogen-bond donors (Lipinski definition) is 0. The van der Waals surface area contributed by atoms with Crippen molar-refractivity contribution in [3.05, 3.63) is 29.3 Å². The molecule has 1 aromatic carbocycles. The molecule has 0 atom stereocenters. The van der Waals surface area contributed by atoms with Crippen molar-refractivity contribution in [1.29, 1.82) is 0 Å². The van der Waals surface area contributed by atoms with E-state index >= 15 is 0 Å². The molecule has 0 aliphatic carbocycles. The van der Waals surface area contributed by atoms with Gasteiger partial charge in [0.25, 0.3) is 5.78 Å². The first-order valence-corrected chi connectivity index (χ1v) is 6.15. The maximum Gasteiger partial charge on any atom is 0.379 e. The molecule has 1 heterocycles. The van der Waals surface area contributed by atoms with Crippen molar-refractivity contribution in [2.75, 3.05) is 18.6 Å². The van der Waals surface area contributed by atoms with Gasteiger partial charge in [0.05, 0.1) is 6.61 Å². The standard InChI is InChI=1S/C14H15NO4/c1-3-19-14(18)13(17)10-4-6-11-9(8-10)5-7-12(16)15(11)2/h4,6,8H,3,5,7H2,1-2H3. The summed E-state index contributed by atoms with van der Waals surface area (Å²) in [6, 6.07) is 4.91. The molecule has 1 aliphatic heterocycles. The number of ether oxygens (including phenoxy) is 1. The van der Waals surface area contributed by atoms with Crippen molar-refractivity contribution < 1.29 is 19.1 Å². The van der Waals surface area contributed by atoms with Crippen LogP contribution in [-0.2, 0) is 20.7 Å². The molecule has 5 heteroatoms. The van der Waals surface area contributed by atoms with Crippen LogP contribution in [0.4, 0.5) is 5.69 Å². The van der Waals surface area contributed by atoms with Gasteiger partial charge in [-0.15, -0.1) is 0 Å². The lowest BCUT2D eigenvalue weighted by Gasteiger charge is -2.25. The molecule has 0 bridgehead atoms. The highest BCUT2D eigenvalue weighted by Crippen LogP contribution is 2.27. The van der Waals surface area contributed by atoms with Crippen LogP contribution in [0.5, 0.6) is 0 Å². The number of amides is 1. The molecular weight excluding hydrogens is 246 g/mol. The van der Waals surface area contributed by atoms with Gasteiger partial charge in [0.15, 0.2) is 0 Å². The van der Waals surface area contributed by atoms with Gasteiger partial charge in [-0.1, -0.05) is 0 Å². The van der Waals surface area contributed by atoms with Crippen molar-refractivity contribution in [2.45, 2.75) is 19.8 Å². The zero-order valence-corrected chi connectivity index (χ0v) is 10.9. The number of fused-ring (bicyclic) bond motifs is 1. The number of nitrogens with zero attached hydrogens (tertiary/aromatic N) is 1. The first-order valence-electron chi connectivity index (χ1n) is 6.15. The lowest BCUT2D eigenvalue weighted by Crippen LogP contribution is -2.31. The second-order valence-electron chi connectivity index (χ2n) is 4.35. The topological polar surface area (TPSA) is 63.7 Å². The van der Waals surface area contributed by atoms with E-state index in [1.165, 1.54) is 0 Å². The number of Topliss-reactive ketones (excluding diaryl/α,β-unsaturated/α-hetero) is 1. The molecule has 0 unspecified atom stereocenters. The highest BCUT2D eigenvalue weighted by atomic mass is 16.5. The fourth-order valence-corrected chi connectivity index (χ4v) is 2.11. The summed E-state index contributed by atoms with van der Waals surface area (Å²) < 4.78 is 4.69. The third kappa shape index (κ3) is 2.50. The predicted octanol–water partition coefficient (Wildman–Crippen LogP) is 1.34. The van der Waals surface area contributed by atoms with Crippen LogP contribution in [0.3, 0.4) is 0 Å². The zero-order chi connectivity index (χ0) is 14.0. The van der Waals surface area contributed by atoms with Gasteiger partial charge in [0.2, 0.25) is 5.91 Å².